The first-order valence-electron chi connectivity index (χ1n) is 3.88. The summed E-state index contributed by atoms with van der Waals surface area (Å²) in [4.78, 5) is 9.76. The molecule has 1 aromatic rings. The third kappa shape index (κ3) is 3.14. The van der Waals surface area contributed by atoms with Crippen LogP contribution in [0.2, 0.25) is 4.34 Å². The second kappa shape index (κ2) is 5.41. The quantitative estimate of drug-likeness (QED) is 0.500. The van der Waals surface area contributed by atoms with Gasteiger partial charge in [-0.05, 0) is 0 Å². The van der Waals surface area contributed by atoms with Gasteiger partial charge in [0.1, 0.15) is 4.21 Å². The van der Waals surface area contributed by atoms with E-state index in [9.17, 15) is 18.5 Å². The Balaban J connectivity index is 3.06. The second-order valence-corrected chi connectivity index (χ2v) is 7.01. The molecule has 0 radical (unpaired) electrons. The maximum Gasteiger partial charge on any atom is 0.300 e. The van der Waals surface area contributed by atoms with Crippen LogP contribution in [0.3, 0.4) is 0 Å². The summed E-state index contributed by atoms with van der Waals surface area (Å²) in [6, 6.07) is 0.948. The van der Waals surface area contributed by atoms with Gasteiger partial charge in [-0.1, -0.05) is 27.5 Å². The van der Waals surface area contributed by atoms with E-state index in [0.717, 1.165) is 6.07 Å². The van der Waals surface area contributed by atoms with Crippen molar-refractivity contribution in [1.29, 1.82) is 0 Å². The fourth-order valence-electron chi connectivity index (χ4n) is 0.839. The maximum absolute atomic E-state index is 11.6. The lowest BCUT2D eigenvalue weighted by atomic mass is 10.6. The molecule has 0 bridgehead atoms. The Bertz CT molecular complexity index is 501. The first-order chi connectivity index (χ1) is 7.38. The van der Waals surface area contributed by atoms with Crippen molar-refractivity contribution in [2.45, 2.75) is 4.21 Å². The zero-order valence-corrected chi connectivity index (χ0v) is 11.6. The van der Waals surface area contributed by atoms with E-state index in [1.807, 2.05) is 0 Å². The minimum atomic E-state index is -3.71. The lowest BCUT2D eigenvalue weighted by Gasteiger charge is -2.00. The third-order valence-corrected chi connectivity index (χ3v) is 5.16. The highest BCUT2D eigenvalue weighted by Gasteiger charge is 2.24. The largest absolute Gasteiger partial charge is 0.300 e. The Kier molecular flexibility index (Phi) is 4.68. The minimum absolute atomic E-state index is 0.149. The number of alkyl halides is 1. The number of rotatable bonds is 5. The molecule has 0 unspecified atom stereocenters. The van der Waals surface area contributed by atoms with Crippen LogP contribution in [0.5, 0.6) is 0 Å². The Labute approximate surface area is 109 Å². The maximum atomic E-state index is 11.6. The Hall–Kier alpha value is -0.220. The molecule has 0 aromatic carbocycles. The zero-order valence-electron chi connectivity index (χ0n) is 7.64. The molecule has 10 heteroatoms. The number of nitro groups is 1. The topological polar surface area (TPSA) is 89.3 Å². The summed E-state index contributed by atoms with van der Waals surface area (Å²) in [5, 5.41) is 10.9. The summed E-state index contributed by atoms with van der Waals surface area (Å²) in [7, 11) is -3.71. The van der Waals surface area contributed by atoms with E-state index in [2.05, 4.69) is 20.7 Å². The van der Waals surface area contributed by atoms with Crippen LogP contribution in [0, 0.1) is 10.1 Å². The molecule has 0 spiro atoms. The highest BCUT2D eigenvalue weighted by atomic mass is 79.9. The molecule has 0 saturated carbocycles. The van der Waals surface area contributed by atoms with Crippen molar-refractivity contribution >= 4 is 54.6 Å². The number of nitrogens with zero attached hydrogens (tertiary/aromatic N) is 1. The van der Waals surface area contributed by atoms with Gasteiger partial charge in [0.25, 0.3) is 5.69 Å². The van der Waals surface area contributed by atoms with Gasteiger partial charge in [0, 0.05) is 17.9 Å². The van der Waals surface area contributed by atoms with E-state index < -0.39 is 20.6 Å². The SMILES string of the molecule is O=[N+]([O-])c1cc(S(=O)(=O)NCCBr)sc1Cl. The summed E-state index contributed by atoms with van der Waals surface area (Å²) in [5.41, 5.74) is -0.397. The molecule has 1 heterocycles. The number of thiophene rings is 1. The van der Waals surface area contributed by atoms with E-state index in [-0.39, 0.29) is 15.1 Å². The molecule has 1 N–H and O–H groups in total. The summed E-state index contributed by atoms with van der Waals surface area (Å²) in [6.07, 6.45) is 0. The monoisotopic (exact) mass is 348 g/mol. The Morgan fingerprint density at radius 2 is 2.25 bits per heavy atom. The van der Waals surface area contributed by atoms with E-state index >= 15 is 0 Å². The molecule has 90 valence electrons. The molecule has 1 rings (SSSR count). The highest BCUT2D eigenvalue weighted by molar-refractivity contribution is 9.09. The van der Waals surface area contributed by atoms with Gasteiger partial charge in [-0.2, -0.15) is 0 Å². The fraction of sp³-hybridized carbons (Fsp3) is 0.333. The molecular formula is C6H6BrClN2O4S2. The average Bonchev–Trinajstić information content (AvgIpc) is 2.58. The molecule has 1 aromatic heterocycles. The van der Waals surface area contributed by atoms with Gasteiger partial charge < -0.3 is 0 Å². The third-order valence-electron chi connectivity index (χ3n) is 1.49. The number of sulfonamides is 1. The molecule has 0 aliphatic rings. The minimum Gasteiger partial charge on any atom is -0.258 e. The van der Waals surface area contributed by atoms with Gasteiger partial charge >= 0.3 is 0 Å². The van der Waals surface area contributed by atoms with Crippen LogP contribution < -0.4 is 4.72 Å². The van der Waals surface area contributed by atoms with Crippen LogP contribution in [-0.2, 0) is 10.0 Å². The van der Waals surface area contributed by atoms with Crippen LogP contribution >= 0.6 is 38.9 Å². The summed E-state index contributed by atoms with van der Waals surface area (Å²) < 4.78 is 25.1. The summed E-state index contributed by atoms with van der Waals surface area (Å²) in [6.45, 7) is 0.200. The number of hydrogen-bond acceptors (Lipinski definition) is 5. The zero-order chi connectivity index (χ0) is 12.3. The van der Waals surface area contributed by atoms with Crippen molar-refractivity contribution in [1.82, 2.24) is 4.72 Å². The van der Waals surface area contributed by atoms with E-state index in [4.69, 9.17) is 11.6 Å². The van der Waals surface area contributed by atoms with Gasteiger partial charge in [-0.25, -0.2) is 13.1 Å². The van der Waals surface area contributed by atoms with Gasteiger partial charge in [0.15, 0.2) is 4.34 Å². The van der Waals surface area contributed by atoms with Crippen molar-refractivity contribution in [3.63, 3.8) is 0 Å². The predicted octanol–water partition coefficient (Wildman–Crippen LogP) is 1.98. The summed E-state index contributed by atoms with van der Waals surface area (Å²) >= 11 is 9.27. The smallest absolute Gasteiger partial charge is 0.258 e. The molecule has 0 amide bonds. The predicted molar refractivity (Wildman–Crippen MR) is 65.0 cm³/mol. The average molecular weight is 350 g/mol. The molecule has 0 saturated heterocycles. The van der Waals surface area contributed by atoms with Crippen LogP contribution in [-0.4, -0.2) is 25.2 Å². The second-order valence-electron chi connectivity index (χ2n) is 2.57. The number of nitrogens with one attached hydrogen (secondary N) is 1. The molecule has 0 fully saturated rings. The van der Waals surface area contributed by atoms with Crippen LogP contribution in [0.15, 0.2) is 10.3 Å². The Morgan fingerprint density at radius 3 is 2.69 bits per heavy atom. The number of halogens is 2. The van der Waals surface area contributed by atoms with E-state index in [1.165, 1.54) is 0 Å². The first kappa shape index (κ1) is 13.8. The van der Waals surface area contributed by atoms with E-state index in [1.54, 1.807) is 0 Å². The number of hydrogen-bond donors (Lipinski definition) is 1. The molecule has 0 aliphatic carbocycles. The van der Waals surface area contributed by atoms with E-state index in [0.29, 0.717) is 16.7 Å². The first-order valence-corrected chi connectivity index (χ1v) is 7.67. The van der Waals surface area contributed by atoms with Crippen LogP contribution in [0.25, 0.3) is 0 Å². The van der Waals surface area contributed by atoms with Gasteiger partial charge in [0.05, 0.1) is 4.92 Å². The summed E-state index contributed by atoms with van der Waals surface area (Å²) in [5.74, 6) is 0. The Morgan fingerprint density at radius 1 is 1.62 bits per heavy atom. The van der Waals surface area contributed by atoms with Gasteiger partial charge in [0.2, 0.25) is 10.0 Å². The van der Waals surface area contributed by atoms with Crippen molar-refractivity contribution in [3.05, 3.63) is 20.5 Å². The van der Waals surface area contributed by atoms with Gasteiger partial charge in [-0.15, -0.1) is 11.3 Å². The standard InChI is InChI=1S/C6H6BrClN2O4S2/c7-1-2-9-16(13,14)5-3-4(10(11)12)6(8)15-5/h3,9H,1-2H2. The van der Waals surface area contributed by atoms with Gasteiger partial charge in [-0.3, -0.25) is 10.1 Å². The molecule has 16 heavy (non-hydrogen) atoms. The van der Waals surface area contributed by atoms with Crippen molar-refractivity contribution in [2.24, 2.45) is 0 Å². The molecule has 6 nitrogen and oxygen atoms in total. The van der Waals surface area contributed by atoms with Crippen molar-refractivity contribution in [2.75, 3.05) is 11.9 Å². The lowest BCUT2D eigenvalue weighted by molar-refractivity contribution is -0.384. The fourth-order valence-corrected chi connectivity index (χ4v) is 4.04. The van der Waals surface area contributed by atoms with Crippen LogP contribution in [0.4, 0.5) is 5.69 Å². The molecule has 0 atom stereocenters. The lowest BCUT2D eigenvalue weighted by Crippen LogP contribution is -2.24. The van der Waals surface area contributed by atoms with Crippen LogP contribution in [0.1, 0.15) is 0 Å². The molecule has 0 aliphatic heterocycles. The van der Waals surface area contributed by atoms with Crippen molar-refractivity contribution < 1.29 is 13.3 Å². The molecular weight excluding hydrogens is 344 g/mol. The normalized spacial score (nSPS) is 11.6. The highest BCUT2D eigenvalue weighted by Crippen LogP contribution is 2.35. The van der Waals surface area contributed by atoms with Crippen molar-refractivity contribution in [3.8, 4) is 0 Å².